The first-order valence-corrected chi connectivity index (χ1v) is 7.06. The average Bonchev–Trinajstić information content (AvgIpc) is 2.65. The van der Waals surface area contributed by atoms with Gasteiger partial charge >= 0.3 is 5.97 Å². The van der Waals surface area contributed by atoms with Gasteiger partial charge in [-0.1, -0.05) is 6.07 Å². The molecule has 0 aliphatic heterocycles. The Kier molecular flexibility index (Phi) is 4.47. The van der Waals surface area contributed by atoms with E-state index < -0.39 is 5.97 Å². The first-order valence-electron chi connectivity index (χ1n) is 6.27. The normalized spacial score (nSPS) is 11.0. The lowest BCUT2D eigenvalue weighted by Gasteiger charge is -2.08. The maximum atomic E-state index is 10.5. The van der Waals surface area contributed by atoms with Crippen molar-refractivity contribution in [1.82, 2.24) is 9.78 Å². The molecule has 0 bridgehead atoms. The number of rotatable bonds is 4. The van der Waals surface area contributed by atoms with Gasteiger partial charge in [0.1, 0.15) is 11.4 Å². The van der Waals surface area contributed by atoms with Gasteiger partial charge in [0.05, 0.1) is 10.2 Å². The number of hydrogen-bond acceptors (Lipinski definition) is 3. The van der Waals surface area contributed by atoms with Crippen molar-refractivity contribution in [1.29, 1.82) is 0 Å². The summed E-state index contributed by atoms with van der Waals surface area (Å²) in [5, 5.41) is 12.9. The molecule has 0 aliphatic rings. The Labute approximate surface area is 131 Å². The molecule has 0 amide bonds. The fraction of sp³-hybridized carbons (Fsp3) is 0.200. The molecule has 0 saturated carbocycles. The van der Waals surface area contributed by atoms with Crippen LogP contribution in [0.5, 0.6) is 11.5 Å². The zero-order chi connectivity index (χ0) is 15.6. The summed E-state index contributed by atoms with van der Waals surface area (Å²) in [5.74, 6) is 0.404. The van der Waals surface area contributed by atoms with E-state index in [1.54, 1.807) is 22.9 Å². The van der Waals surface area contributed by atoms with Crippen molar-refractivity contribution < 1.29 is 14.6 Å². The molecule has 1 aromatic heterocycles. The number of aliphatic carboxylic acids is 1. The summed E-state index contributed by atoms with van der Waals surface area (Å²) >= 11 is 3.43. The van der Waals surface area contributed by atoms with Crippen molar-refractivity contribution in [3.05, 3.63) is 45.7 Å². The van der Waals surface area contributed by atoms with Crippen LogP contribution in [0.4, 0.5) is 0 Å². The molecular weight excluding hydrogens is 336 g/mol. The number of aromatic nitrogens is 2. The van der Waals surface area contributed by atoms with E-state index in [2.05, 4.69) is 21.0 Å². The largest absolute Gasteiger partial charge is 0.478 e. The number of aryl methyl sites for hydroxylation is 2. The number of ether oxygens (including phenoxy) is 1. The molecule has 1 N–H and O–H groups in total. The summed E-state index contributed by atoms with van der Waals surface area (Å²) in [6, 6.07) is 5.38. The molecule has 5 nitrogen and oxygen atoms in total. The lowest BCUT2D eigenvalue weighted by atomic mass is 10.2. The molecule has 0 saturated heterocycles. The van der Waals surface area contributed by atoms with Crippen LogP contribution in [0.1, 0.15) is 17.0 Å². The van der Waals surface area contributed by atoms with Crippen LogP contribution < -0.4 is 4.74 Å². The van der Waals surface area contributed by atoms with Gasteiger partial charge in [-0.2, -0.15) is 5.10 Å². The lowest BCUT2D eigenvalue weighted by molar-refractivity contribution is -0.131. The number of benzene rings is 1. The SMILES string of the molecule is Cc1nn(C)c(C)c1Oc1ccc(/C=C/C(=O)O)cc1Br. The van der Waals surface area contributed by atoms with E-state index in [1.165, 1.54) is 6.08 Å². The van der Waals surface area contributed by atoms with Crippen LogP contribution in [-0.4, -0.2) is 20.9 Å². The summed E-state index contributed by atoms with van der Waals surface area (Å²) < 4.78 is 8.42. The van der Waals surface area contributed by atoms with Gasteiger partial charge in [0.25, 0.3) is 0 Å². The van der Waals surface area contributed by atoms with Crippen LogP contribution in [0, 0.1) is 13.8 Å². The van der Waals surface area contributed by atoms with Crippen LogP contribution in [-0.2, 0) is 11.8 Å². The Balaban J connectivity index is 2.27. The zero-order valence-corrected chi connectivity index (χ0v) is 13.5. The molecule has 0 aliphatic carbocycles. The quantitative estimate of drug-likeness (QED) is 0.854. The van der Waals surface area contributed by atoms with Gasteiger partial charge in [-0.3, -0.25) is 4.68 Å². The van der Waals surface area contributed by atoms with E-state index in [0.717, 1.165) is 33.2 Å². The summed E-state index contributed by atoms with van der Waals surface area (Å²) in [6.45, 7) is 3.83. The molecule has 0 unspecified atom stereocenters. The standard InChI is InChI=1S/C15H15BrN2O3/c1-9-15(10(2)18(3)17-9)21-13-6-4-11(8-12(13)16)5-7-14(19)20/h4-8H,1-3H3,(H,19,20)/b7-5+. The monoisotopic (exact) mass is 350 g/mol. The average molecular weight is 351 g/mol. The maximum Gasteiger partial charge on any atom is 0.328 e. The Morgan fingerprint density at radius 1 is 1.43 bits per heavy atom. The highest BCUT2D eigenvalue weighted by Gasteiger charge is 2.13. The molecule has 2 aromatic rings. The Bertz CT molecular complexity index is 720. The van der Waals surface area contributed by atoms with E-state index in [-0.39, 0.29) is 0 Å². The van der Waals surface area contributed by atoms with Crippen molar-refractivity contribution in [2.45, 2.75) is 13.8 Å². The highest BCUT2D eigenvalue weighted by atomic mass is 79.9. The van der Waals surface area contributed by atoms with Gasteiger partial charge in [0, 0.05) is 13.1 Å². The topological polar surface area (TPSA) is 64.4 Å². The van der Waals surface area contributed by atoms with Crippen LogP contribution in [0.25, 0.3) is 6.08 Å². The second-order valence-corrected chi connectivity index (χ2v) is 5.44. The second kappa shape index (κ2) is 6.13. The van der Waals surface area contributed by atoms with E-state index in [1.807, 2.05) is 20.9 Å². The predicted octanol–water partition coefficient (Wildman–Crippen LogP) is 3.69. The summed E-state index contributed by atoms with van der Waals surface area (Å²) in [7, 11) is 1.87. The number of halogens is 1. The summed E-state index contributed by atoms with van der Waals surface area (Å²) in [6.07, 6.45) is 2.62. The van der Waals surface area contributed by atoms with Crippen LogP contribution in [0.3, 0.4) is 0 Å². The minimum Gasteiger partial charge on any atom is -0.478 e. The minimum absolute atomic E-state index is 0.654. The van der Waals surface area contributed by atoms with Crippen LogP contribution in [0.2, 0.25) is 0 Å². The van der Waals surface area contributed by atoms with E-state index in [9.17, 15) is 4.79 Å². The van der Waals surface area contributed by atoms with Crippen molar-refractivity contribution in [2.24, 2.45) is 7.05 Å². The lowest BCUT2D eigenvalue weighted by Crippen LogP contribution is -1.93. The first kappa shape index (κ1) is 15.3. The molecule has 0 fully saturated rings. The Hall–Kier alpha value is -2.08. The number of nitrogens with zero attached hydrogens (tertiary/aromatic N) is 2. The number of carboxylic acid groups (broad SMARTS) is 1. The zero-order valence-electron chi connectivity index (χ0n) is 11.9. The third kappa shape index (κ3) is 3.52. The number of hydrogen-bond donors (Lipinski definition) is 1. The summed E-state index contributed by atoms with van der Waals surface area (Å²) in [5.41, 5.74) is 2.53. The van der Waals surface area contributed by atoms with Gasteiger partial charge in [0.15, 0.2) is 5.75 Å². The van der Waals surface area contributed by atoms with Gasteiger partial charge < -0.3 is 9.84 Å². The fourth-order valence-corrected chi connectivity index (χ4v) is 2.36. The number of carboxylic acids is 1. The van der Waals surface area contributed by atoms with Crippen molar-refractivity contribution in [2.75, 3.05) is 0 Å². The molecule has 1 heterocycles. The van der Waals surface area contributed by atoms with Crippen LogP contribution >= 0.6 is 15.9 Å². The smallest absolute Gasteiger partial charge is 0.328 e. The minimum atomic E-state index is -0.979. The molecule has 21 heavy (non-hydrogen) atoms. The molecule has 0 spiro atoms. The Morgan fingerprint density at radius 3 is 2.67 bits per heavy atom. The van der Waals surface area contributed by atoms with Crippen molar-refractivity contribution in [3.63, 3.8) is 0 Å². The summed E-state index contributed by atoms with van der Waals surface area (Å²) in [4.78, 5) is 10.5. The highest BCUT2D eigenvalue weighted by Crippen LogP contribution is 2.33. The molecule has 1 aromatic carbocycles. The van der Waals surface area contributed by atoms with Crippen molar-refractivity contribution in [3.8, 4) is 11.5 Å². The molecule has 6 heteroatoms. The predicted molar refractivity (Wildman–Crippen MR) is 83.6 cm³/mol. The highest BCUT2D eigenvalue weighted by molar-refractivity contribution is 9.10. The molecule has 110 valence electrons. The molecular formula is C15H15BrN2O3. The molecule has 0 radical (unpaired) electrons. The van der Waals surface area contributed by atoms with E-state index in [4.69, 9.17) is 9.84 Å². The van der Waals surface area contributed by atoms with Gasteiger partial charge in [-0.25, -0.2) is 4.79 Å². The first-order chi connectivity index (χ1) is 9.88. The Morgan fingerprint density at radius 2 is 2.14 bits per heavy atom. The van der Waals surface area contributed by atoms with E-state index >= 15 is 0 Å². The van der Waals surface area contributed by atoms with Crippen molar-refractivity contribution >= 4 is 28.0 Å². The van der Waals surface area contributed by atoms with E-state index in [0.29, 0.717) is 5.75 Å². The van der Waals surface area contributed by atoms with Gasteiger partial charge in [0.2, 0.25) is 0 Å². The third-order valence-corrected chi connectivity index (χ3v) is 3.65. The van der Waals surface area contributed by atoms with Gasteiger partial charge in [-0.15, -0.1) is 0 Å². The molecule has 0 atom stereocenters. The molecule has 2 rings (SSSR count). The second-order valence-electron chi connectivity index (χ2n) is 4.59. The van der Waals surface area contributed by atoms with Gasteiger partial charge in [-0.05, 0) is 53.5 Å². The van der Waals surface area contributed by atoms with Crippen LogP contribution in [0.15, 0.2) is 28.7 Å². The fourth-order valence-electron chi connectivity index (χ4n) is 1.88. The maximum absolute atomic E-state index is 10.5. The third-order valence-electron chi connectivity index (χ3n) is 3.03. The number of carbonyl (C=O) groups is 1.